The van der Waals surface area contributed by atoms with E-state index in [1.54, 1.807) is 25.1 Å². The molecule has 0 fully saturated rings. The molecule has 0 radical (unpaired) electrons. The summed E-state index contributed by atoms with van der Waals surface area (Å²) >= 11 is 0. The molecular weight excluding hydrogens is 314 g/mol. The highest BCUT2D eigenvalue weighted by Gasteiger charge is 2.18. The molecule has 1 N–H and O–H groups in total. The minimum Gasteiger partial charge on any atom is -0.263 e. The molecule has 24 heavy (non-hydrogen) atoms. The fourth-order valence-electron chi connectivity index (χ4n) is 2.55. The zero-order valence-electron chi connectivity index (χ0n) is 12.7. The summed E-state index contributed by atoms with van der Waals surface area (Å²) in [5.74, 6) is 0.142. The van der Waals surface area contributed by atoms with Gasteiger partial charge in [0.2, 0.25) is 5.82 Å². The van der Waals surface area contributed by atoms with Crippen molar-refractivity contribution in [3.05, 3.63) is 59.6 Å². The highest BCUT2D eigenvalue weighted by atomic mass is 19.1. The van der Waals surface area contributed by atoms with Gasteiger partial charge < -0.3 is 0 Å². The third kappa shape index (κ3) is 2.41. The maximum absolute atomic E-state index is 13.9. The number of nitrogens with zero attached hydrogens (tertiary/aromatic N) is 5. The Morgan fingerprint density at radius 3 is 2.79 bits per heavy atom. The molecule has 4 rings (SSSR count). The second kappa shape index (κ2) is 5.48. The van der Waals surface area contributed by atoms with Gasteiger partial charge in [-0.15, -0.1) is 0 Å². The van der Waals surface area contributed by atoms with Crippen molar-refractivity contribution in [3.63, 3.8) is 0 Å². The minimum atomic E-state index is -0.485. The molecule has 0 aliphatic carbocycles. The Balaban J connectivity index is 1.89. The number of pyridine rings is 1. The van der Waals surface area contributed by atoms with E-state index in [9.17, 15) is 8.78 Å². The van der Waals surface area contributed by atoms with Crippen LogP contribution in [0.3, 0.4) is 0 Å². The van der Waals surface area contributed by atoms with Crippen LogP contribution in [0.1, 0.15) is 11.4 Å². The topological polar surface area (TPSA) is 72.3 Å². The molecule has 0 unspecified atom stereocenters. The maximum atomic E-state index is 13.9. The van der Waals surface area contributed by atoms with E-state index in [1.807, 2.05) is 0 Å². The molecule has 4 aromatic rings. The van der Waals surface area contributed by atoms with Gasteiger partial charge in [-0.2, -0.15) is 10.2 Å². The maximum Gasteiger partial charge on any atom is 0.202 e. The Morgan fingerprint density at radius 2 is 2.04 bits per heavy atom. The number of hydrogen-bond acceptors (Lipinski definition) is 4. The third-order valence-corrected chi connectivity index (χ3v) is 3.64. The Kier molecular flexibility index (Phi) is 3.30. The Morgan fingerprint density at radius 1 is 1.21 bits per heavy atom. The first-order valence-corrected chi connectivity index (χ1v) is 7.26. The lowest BCUT2D eigenvalue weighted by Crippen LogP contribution is -2.04. The van der Waals surface area contributed by atoms with Gasteiger partial charge in [-0.05, 0) is 19.1 Å². The number of nitrogens with one attached hydrogen (secondary N) is 1. The van der Waals surface area contributed by atoms with E-state index in [4.69, 9.17) is 0 Å². The quantitative estimate of drug-likeness (QED) is 0.628. The van der Waals surface area contributed by atoms with Crippen LogP contribution in [0.2, 0.25) is 0 Å². The lowest BCUT2D eigenvalue weighted by molar-refractivity contribution is 0.588. The molecule has 3 aromatic heterocycles. The predicted molar refractivity (Wildman–Crippen MR) is 83.1 cm³/mol. The van der Waals surface area contributed by atoms with Crippen molar-refractivity contribution in [2.75, 3.05) is 0 Å². The predicted octanol–water partition coefficient (Wildman–Crippen LogP) is 2.85. The standard InChI is InChI=1S/C16H12F2N6/c1-9-20-15(22-21-9)14-12-6-11(17)7-19-16(12)24(23-14)8-10-4-2-3-5-13(10)18/h2-7H,8H2,1H3,(H,20,21,22). The van der Waals surface area contributed by atoms with Crippen LogP contribution in [-0.2, 0) is 6.54 Å². The van der Waals surface area contributed by atoms with Crippen LogP contribution in [0, 0.1) is 18.6 Å². The number of fused-ring (bicyclic) bond motifs is 1. The normalized spacial score (nSPS) is 11.3. The first-order valence-electron chi connectivity index (χ1n) is 7.26. The molecule has 120 valence electrons. The second-order valence-electron chi connectivity index (χ2n) is 5.37. The van der Waals surface area contributed by atoms with Gasteiger partial charge in [0.25, 0.3) is 0 Å². The summed E-state index contributed by atoms with van der Waals surface area (Å²) in [5, 5.41) is 11.7. The summed E-state index contributed by atoms with van der Waals surface area (Å²) in [6.45, 7) is 1.93. The van der Waals surface area contributed by atoms with E-state index in [0.29, 0.717) is 33.9 Å². The average Bonchev–Trinajstić information content (AvgIpc) is 3.13. The zero-order valence-corrected chi connectivity index (χ0v) is 12.7. The van der Waals surface area contributed by atoms with E-state index in [-0.39, 0.29) is 12.4 Å². The van der Waals surface area contributed by atoms with E-state index in [2.05, 4.69) is 25.3 Å². The summed E-state index contributed by atoms with van der Waals surface area (Å²) in [4.78, 5) is 8.33. The van der Waals surface area contributed by atoms with Crippen molar-refractivity contribution in [3.8, 4) is 11.5 Å². The van der Waals surface area contributed by atoms with Crippen molar-refractivity contribution in [1.29, 1.82) is 0 Å². The number of H-pyrrole nitrogens is 1. The van der Waals surface area contributed by atoms with E-state index in [1.165, 1.54) is 16.8 Å². The van der Waals surface area contributed by atoms with Crippen molar-refractivity contribution in [2.45, 2.75) is 13.5 Å². The first kappa shape index (κ1) is 14.4. The van der Waals surface area contributed by atoms with Crippen molar-refractivity contribution >= 4 is 11.0 Å². The molecule has 0 saturated heterocycles. The lowest BCUT2D eigenvalue weighted by atomic mass is 10.2. The van der Waals surface area contributed by atoms with Crippen LogP contribution in [-0.4, -0.2) is 29.9 Å². The number of aryl methyl sites for hydroxylation is 1. The average molecular weight is 326 g/mol. The summed E-state index contributed by atoms with van der Waals surface area (Å²) in [6, 6.07) is 7.75. The number of hydrogen-bond donors (Lipinski definition) is 1. The second-order valence-corrected chi connectivity index (χ2v) is 5.37. The molecule has 0 saturated carbocycles. The van der Waals surface area contributed by atoms with Crippen molar-refractivity contribution in [2.24, 2.45) is 0 Å². The highest BCUT2D eigenvalue weighted by Crippen LogP contribution is 2.25. The van der Waals surface area contributed by atoms with Crippen LogP contribution >= 0.6 is 0 Å². The van der Waals surface area contributed by atoms with Crippen molar-refractivity contribution in [1.82, 2.24) is 29.9 Å². The van der Waals surface area contributed by atoms with Gasteiger partial charge >= 0.3 is 0 Å². The van der Waals surface area contributed by atoms with Crippen LogP contribution in [0.25, 0.3) is 22.6 Å². The van der Waals surface area contributed by atoms with E-state index in [0.717, 1.165) is 6.20 Å². The molecular formula is C16H12F2N6. The van der Waals surface area contributed by atoms with Gasteiger partial charge in [0.05, 0.1) is 18.1 Å². The van der Waals surface area contributed by atoms with Gasteiger partial charge in [-0.1, -0.05) is 18.2 Å². The number of aromatic nitrogens is 6. The molecule has 0 aliphatic heterocycles. The van der Waals surface area contributed by atoms with Gasteiger partial charge in [-0.3, -0.25) is 5.10 Å². The van der Waals surface area contributed by atoms with Gasteiger partial charge in [-0.25, -0.2) is 23.4 Å². The fraction of sp³-hybridized carbons (Fsp3) is 0.125. The monoisotopic (exact) mass is 326 g/mol. The number of rotatable bonds is 3. The van der Waals surface area contributed by atoms with Crippen LogP contribution in [0.4, 0.5) is 8.78 Å². The molecule has 0 atom stereocenters. The SMILES string of the molecule is Cc1nc(-c2nn(Cc3ccccc3F)c3ncc(F)cc23)n[nH]1. The Labute approximate surface area is 135 Å². The van der Waals surface area contributed by atoms with Gasteiger partial charge in [0.1, 0.15) is 23.2 Å². The number of aromatic amines is 1. The van der Waals surface area contributed by atoms with Gasteiger partial charge in [0.15, 0.2) is 5.65 Å². The Bertz CT molecular complexity index is 1040. The molecule has 0 amide bonds. The summed E-state index contributed by atoms with van der Waals surface area (Å²) in [6.07, 6.45) is 1.11. The molecule has 1 aromatic carbocycles. The molecule has 0 spiro atoms. The molecule has 6 nitrogen and oxygen atoms in total. The Hall–Kier alpha value is -3.16. The smallest absolute Gasteiger partial charge is 0.202 e. The van der Waals surface area contributed by atoms with E-state index >= 15 is 0 Å². The number of halogens is 2. The fourth-order valence-corrected chi connectivity index (χ4v) is 2.55. The third-order valence-electron chi connectivity index (χ3n) is 3.64. The molecule has 0 bridgehead atoms. The highest BCUT2D eigenvalue weighted by molar-refractivity contribution is 5.89. The van der Waals surface area contributed by atoms with E-state index < -0.39 is 5.82 Å². The van der Waals surface area contributed by atoms with Crippen molar-refractivity contribution < 1.29 is 8.78 Å². The first-order chi connectivity index (χ1) is 11.6. The summed E-state index contributed by atoms with van der Waals surface area (Å²) in [5.41, 5.74) is 1.31. The zero-order chi connectivity index (χ0) is 16.7. The molecule has 0 aliphatic rings. The summed E-state index contributed by atoms with van der Waals surface area (Å²) < 4.78 is 29.1. The molecule has 3 heterocycles. The minimum absolute atomic E-state index is 0.172. The van der Waals surface area contributed by atoms with Crippen LogP contribution < -0.4 is 0 Å². The number of benzene rings is 1. The van der Waals surface area contributed by atoms with Crippen LogP contribution in [0.5, 0.6) is 0 Å². The molecule has 8 heteroatoms. The largest absolute Gasteiger partial charge is 0.263 e. The van der Waals surface area contributed by atoms with Crippen LogP contribution in [0.15, 0.2) is 36.5 Å². The lowest BCUT2D eigenvalue weighted by Gasteiger charge is -2.04. The summed E-state index contributed by atoms with van der Waals surface area (Å²) in [7, 11) is 0. The van der Waals surface area contributed by atoms with Gasteiger partial charge in [0, 0.05) is 5.56 Å².